The van der Waals surface area contributed by atoms with Crippen LogP contribution in [0.4, 0.5) is 0 Å². The molecule has 1 aliphatic heterocycles. The van der Waals surface area contributed by atoms with Gasteiger partial charge in [0.1, 0.15) is 41.7 Å². The lowest BCUT2D eigenvalue weighted by molar-refractivity contribution is -0.142. The largest absolute Gasteiger partial charge is 0.508 e. The van der Waals surface area contributed by atoms with E-state index in [2.05, 4.69) is 31.6 Å². The molecule has 0 saturated carbocycles. The van der Waals surface area contributed by atoms with Crippen molar-refractivity contribution in [1.82, 2.24) is 36.5 Å². The number of fused-ring (bicyclic) bond motifs is 1. The molecule has 19 nitrogen and oxygen atoms in total. The molecule has 0 spiro atoms. The Morgan fingerprint density at radius 3 is 2.03 bits per heavy atom. The number of carbonyl (C=O) groups is 7. The predicted octanol–water partition coefficient (Wildman–Crippen LogP) is -0.922. The molecule has 5 rings (SSSR count). The SMILES string of the molecule is C[C@H](NC(=O)CNC(=O)[C@H](CO)NC(=O)[C@@H]1CCCN1C(=O)[C@@H](N)Cc1ccc(O)cc1)C(=O)N[C@@H](Cc1c[nH]c2ccccc12)C(=O)N[C@@H](Cc1ccc(O)cc1)C(=O)O. The van der Waals surface area contributed by atoms with Gasteiger partial charge in [-0.2, -0.15) is 0 Å². The van der Waals surface area contributed by atoms with Crippen molar-refractivity contribution in [2.45, 2.75) is 75.3 Å². The summed E-state index contributed by atoms with van der Waals surface area (Å²) in [6, 6.07) is 11.9. The summed E-state index contributed by atoms with van der Waals surface area (Å²) in [5.41, 5.74) is 8.81. The van der Waals surface area contributed by atoms with E-state index in [4.69, 9.17) is 5.73 Å². The number of phenolic OH excluding ortho intramolecular Hbond substituents is 2. The number of aliphatic hydroxyl groups excluding tert-OH is 1. The maximum atomic E-state index is 13.7. The van der Waals surface area contributed by atoms with Gasteiger partial charge >= 0.3 is 5.97 Å². The number of phenols is 2. The fourth-order valence-electron chi connectivity index (χ4n) is 6.97. The number of para-hydroxylation sites is 1. The number of aromatic hydroxyl groups is 2. The van der Waals surface area contributed by atoms with Crippen LogP contribution in [-0.2, 0) is 52.8 Å². The van der Waals surface area contributed by atoms with E-state index in [0.29, 0.717) is 23.1 Å². The molecule has 3 aromatic carbocycles. The minimum Gasteiger partial charge on any atom is -0.508 e. The van der Waals surface area contributed by atoms with Gasteiger partial charge in [-0.1, -0.05) is 42.5 Å². The standard InChI is InChI=1S/C42H50N8O11/c1-23(37(55)47-32(19-26-20-44-31-6-3-2-5-29(26)31)39(57)48-33(42(60)61)18-25-10-14-28(53)15-11-25)46-36(54)21-45-38(56)34(22-51)49-40(58)35-7-4-16-50(35)41(59)30(43)17-24-8-12-27(52)13-9-24/h2-3,5-6,8-15,20,23,30,32-35,44,51-53H,4,7,16-19,21-22,43H2,1H3,(H,45,56)(H,46,54)(H,47,55)(H,48,57)(H,49,58)(H,60,61)/t23-,30-,32-,33-,34-,35-/m0/s1. The van der Waals surface area contributed by atoms with E-state index < -0.39 is 90.8 Å². The zero-order chi connectivity index (χ0) is 44.2. The normalized spacial score (nSPS) is 16.0. The average molecular weight is 843 g/mol. The van der Waals surface area contributed by atoms with Crippen LogP contribution < -0.4 is 32.3 Å². The first-order valence-corrected chi connectivity index (χ1v) is 19.6. The topological polar surface area (TPSA) is 306 Å². The summed E-state index contributed by atoms with van der Waals surface area (Å²) in [6.07, 6.45) is 2.43. The molecule has 1 saturated heterocycles. The average Bonchev–Trinajstić information content (AvgIpc) is 3.90. The molecule has 324 valence electrons. The van der Waals surface area contributed by atoms with Gasteiger partial charge in [-0.15, -0.1) is 0 Å². The Morgan fingerprint density at radius 2 is 1.39 bits per heavy atom. The summed E-state index contributed by atoms with van der Waals surface area (Å²) >= 11 is 0. The second-order valence-corrected chi connectivity index (χ2v) is 14.8. The van der Waals surface area contributed by atoms with Crippen molar-refractivity contribution in [2.75, 3.05) is 19.7 Å². The third-order valence-corrected chi connectivity index (χ3v) is 10.3. The number of aromatic amines is 1. The van der Waals surface area contributed by atoms with Crippen LogP contribution in [0.2, 0.25) is 0 Å². The van der Waals surface area contributed by atoms with Gasteiger partial charge in [-0.3, -0.25) is 28.8 Å². The number of rotatable bonds is 19. The van der Waals surface area contributed by atoms with Crippen molar-refractivity contribution in [1.29, 1.82) is 0 Å². The van der Waals surface area contributed by atoms with Gasteiger partial charge in [0.15, 0.2) is 0 Å². The number of likely N-dealkylation sites (tertiary alicyclic amines) is 1. The van der Waals surface area contributed by atoms with Gasteiger partial charge in [-0.05, 0) is 73.2 Å². The second kappa shape index (κ2) is 20.8. The number of carboxylic acid groups (broad SMARTS) is 1. The number of nitrogens with zero attached hydrogens (tertiary/aromatic N) is 1. The van der Waals surface area contributed by atoms with Gasteiger partial charge in [0.25, 0.3) is 0 Å². The Labute approximate surface area is 350 Å². The van der Waals surface area contributed by atoms with E-state index >= 15 is 0 Å². The van der Waals surface area contributed by atoms with Crippen molar-refractivity contribution >= 4 is 52.3 Å². The fourth-order valence-corrected chi connectivity index (χ4v) is 6.97. The van der Waals surface area contributed by atoms with Crippen LogP contribution >= 0.6 is 0 Å². The number of hydrogen-bond donors (Lipinski definition) is 11. The molecule has 1 aromatic heterocycles. The molecular weight excluding hydrogens is 793 g/mol. The molecule has 4 aromatic rings. The van der Waals surface area contributed by atoms with Crippen molar-refractivity contribution in [2.24, 2.45) is 5.73 Å². The van der Waals surface area contributed by atoms with Crippen LogP contribution in [0.15, 0.2) is 79.0 Å². The van der Waals surface area contributed by atoms with E-state index in [1.807, 2.05) is 18.2 Å². The quantitative estimate of drug-likeness (QED) is 0.0546. The molecule has 61 heavy (non-hydrogen) atoms. The Kier molecular flexibility index (Phi) is 15.4. The highest BCUT2D eigenvalue weighted by Gasteiger charge is 2.38. The highest BCUT2D eigenvalue weighted by molar-refractivity contribution is 5.96. The molecule has 6 amide bonds. The van der Waals surface area contributed by atoms with E-state index in [0.717, 1.165) is 10.9 Å². The van der Waals surface area contributed by atoms with Crippen molar-refractivity contribution in [3.05, 3.63) is 95.7 Å². The Morgan fingerprint density at radius 1 is 0.770 bits per heavy atom. The van der Waals surface area contributed by atoms with Crippen molar-refractivity contribution in [3.63, 3.8) is 0 Å². The number of nitrogens with two attached hydrogens (primary N) is 1. The minimum absolute atomic E-state index is 0.0178. The van der Waals surface area contributed by atoms with Crippen LogP contribution in [0, 0.1) is 0 Å². The van der Waals surface area contributed by atoms with E-state index in [1.54, 1.807) is 24.4 Å². The molecule has 1 aliphatic rings. The van der Waals surface area contributed by atoms with Crippen LogP contribution in [-0.4, -0.2) is 128 Å². The Balaban J connectivity index is 1.15. The first-order chi connectivity index (χ1) is 29.1. The van der Waals surface area contributed by atoms with Crippen LogP contribution in [0.5, 0.6) is 11.5 Å². The van der Waals surface area contributed by atoms with E-state index in [-0.39, 0.29) is 43.7 Å². The molecule has 1 fully saturated rings. The van der Waals surface area contributed by atoms with Gasteiger partial charge in [0.05, 0.1) is 19.2 Å². The lowest BCUT2D eigenvalue weighted by Gasteiger charge is -2.28. The first-order valence-electron chi connectivity index (χ1n) is 19.6. The summed E-state index contributed by atoms with van der Waals surface area (Å²) in [4.78, 5) is 96.0. The summed E-state index contributed by atoms with van der Waals surface area (Å²) in [6.45, 7) is 0.0827. The Hall–Kier alpha value is -6.99. The molecular formula is C42H50N8O11. The summed E-state index contributed by atoms with van der Waals surface area (Å²) < 4.78 is 0. The monoisotopic (exact) mass is 842 g/mol. The molecule has 19 heteroatoms. The molecule has 0 bridgehead atoms. The number of amides is 6. The number of H-pyrrole nitrogens is 1. The number of aliphatic carboxylic acids is 1. The van der Waals surface area contributed by atoms with Crippen molar-refractivity contribution in [3.8, 4) is 11.5 Å². The van der Waals surface area contributed by atoms with Crippen molar-refractivity contribution < 1.29 is 54.0 Å². The smallest absolute Gasteiger partial charge is 0.326 e. The molecule has 6 atom stereocenters. The lowest BCUT2D eigenvalue weighted by Crippen LogP contribution is -2.58. The molecule has 2 heterocycles. The second-order valence-electron chi connectivity index (χ2n) is 14.8. The summed E-state index contributed by atoms with van der Waals surface area (Å²) in [5, 5.41) is 52.0. The maximum absolute atomic E-state index is 13.7. The van der Waals surface area contributed by atoms with Gasteiger partial charge < -0.3 is 62.6 Å². The zero-order valence-electron chi connectivity index (χ0n) is 33.3. The summed E-state index contributed by atoms with van der Waals surface area (Å²) in [5.74, 6) is -5.83. The van der Waals surface area contributed by atoms with Gasteiger partial charge in [-0.25, -0.2) is 4.79 Å². The highest BCUT2D eigenvalue weighted by Crippen LogP contribution is 2.21. The highest BCUT2D eigenvalue weighted by atomic mass is 16.4. The fraction of sp³-hybridized carbons (Fsp3) is 0.357. The predicted molar refractivity (Wildman–Crippen MR) is 219 cm³/mol. The first kappa shape index (κ1) is 45.1. The number of carbonyl (C=O) groups excluding carboxylic acids is 6. The number of hydrogen-bond acceptors (Lipinski definition) is 11. The number of aliphatic hydroxyl groups is 1. The van der Waals surface area contributed by atoms with Crippen LogP contribution in [0.25, 0.3) is 10.9 Å². The van der Waals surface area contributed by atoms with Crippen LogP contribution in [0.3, 0.4) is 0 Å². The molecule has 0 aliphatic carbocycles. The minimum atomic E-state index is -1.49. The summed E-state index contributed by atoms with van der Waals surface area (Å²) in [7, 11) is 0. The third-order valence-electron chi connectivity index (χ3n) is 10.3. The Bertz CT molecular complexity index is 2210. The number of benzene rings is 3. The maximum Gasteiger partial charge on any atom is 0.326 e. The molecule has 0 unspecified atom stereocenters. The zero-order valence-corrected chi connectivity index (χ0v) is 33.3. The number of nitrogens with one attached hydrogen (secondary N) is 6. The lowest BCUT2D eigenvalue weighted by atomic mass is 10.0. The molecule has 0 radical (unpaired) electrons. The molecule has 12 N–H and O–H groups in total. The van der Waals surface area contributed by atoms with E-state index in [9.17, 15) is 54.0 Å². The number of aromatic nitrogens is 1. The third kappa shape index (κ3) is 12.3. The van der Waals surface area contributed by atoms with Crippen LogP contribution in [0.1, 0.15) is 36.5 Å². The van der Waals surface area contributed by atoms with Gasteiger partial charge in [0, 0.05) is 36.5 Å². The number of carboxylic acids is 1. The van der Waals surface area contributed by atoms with Gasteiger partial charge in [0.2, 0.25) is 35.4 Å². The van der Waals surface area contributed by atoms with E-state index in [1.165, 1.54) is 48.2 Å².